The topological polar surface area (TPSA) is 50.5 Å². The van der Waals surface area contributed by atoms with Gasteiger partial charge in [-0.1, -0.05) is 6.92 Å². The number of rotatable bonds is 5. The molecule has 2 aromatic rings. The summed E-state index contributed by atoms with van der Waals surface area (Å²) in [7, 11) is -4.42. The molecular weight excluding hydrogens is 338 g/mol. The average molecular weight is 351 g/mol. The molecule has 0 N–H and O–H groups in total. The maximum atomic E-state index is 13.8. The number of halogens is 4. The summed E-state index contributed by atoms with van der Waals surface area (Å²) in [5, 5.41) is 0. The van der Waals surface area contributed by atoms with Crippen LogP contribution >= 0.6 is 0 Å². The van der Waals surface area contributed by atoms with Crippen LogP contribution in [0.5, 0.6) is 0 Å². The molecule has 0 aliphatic rings. The highest BCUT2D eigenvalue weighted by Gasteiger charge is 2.34. The third kappa shape index (κ3) is 3.73. The molecule has 1 heterocycles. The van der Waals surface area contributed by atoms with Crippen LogP contribution in [0.15, 0.2) is 46.1 Å². The van der Waals surface area contributed by atoms with E-state index in [0.717, 1.165) is 4.31 Å². The van der Waals surface area contributed by atoms with Crippen molar-refractivity contribution in [1.82, 2.24) is 4.31 Å². The maximum Gasteiger partial charge on any atom is 0.416 e. The second-order valence-electron chi connectivity index (χ2n) is 4.71. The first kappa shape index (κ1) is 17.5. The van der Waals surface area contributed by atoms with Gasteiger partial charge in [0.25, 0.3) is 0 Å². The summed E-state index contributed by atoms with van der Waals surface area (Å²) in [6.45, 7) is 1.33. The van der Waals surface area contributed by atoms with Gasteiger partial charge in [0.05, 0.1) is 18.1 Å². The first-order valence-electron chi connectivity index (χ1n) is 6.54. The molecule has 4 nitrogen and oxygen atoms in total. The minimum absolute atomic E-state index is 0.0385. The monoisotopic (exact) mass is 351 g/mol. The Balaban J connectivity index is 2.45. The van der Waals surface area contributed by atoms with E-state index in [1.165, 1.54) is 25.5 Å². The van der Waals surface area contributed by atoms with Gasteiger partial charge in [0.1, 0.15) is 10.7 Å². The van der Waals surface area contributed by atoms with E-state index < -0.39 is 32.5 Å². The Morgan fingerprint density at radius 3 is 2.43 bits per heavy atom. The van der Waals surface area contributed by atoms with E-state index in [4.69, 9.17) is 4.42 Å². The molecule has 0 atom stereocenters. The lowest BCUT2D eigenvalue weighted by Crippen LogP contribution is -2.31. The summed E-state index contributed by atoms with van der Waals surface area (Å²) in [6, 6.07) is 2.82. The molecule has 0 aliphatic heterocycles. The second-order valence-corrected chi connectivity index (χ2v) is 6.61. The Hall–Kier alpha value is -1.87. The number of sulfonamides is 1. The Morgan fingerprint density at radius 2 is 1.91 bits per heavy atom. The minimum atomic E-state index is -4.76. The van der Waals surface area contributed by atoms with Crippen LogP contribution in [-0.4, -0.2) is 19.3 Å². The van der Waals surface area contributed by atoms with Crippen LogP contribution in [0.2, 0.25) is 0 Å². The lowest BCUT2D eigenvalue weighted by atomic mass is 10.2. The Morgan fingerprint density at radius 1 is 1.22 bits per heavy atom. The zero-order chi connectivity index (χ0) is 17.3. The van der Waals surface area contributed by atoms with E-state index >= 15 is 0 Å². The van der Waals surface area contributed by atoms with Crippen molar-refractivity contribution in [3.8, 4) is 0 Å². The molecule has 0 bridgehead atoms. The number of benzene rings is 1. The van der Waals surface area contributed by atoms with Gasteiger partial charge >= 0.3 is 6.18 Å². The molecule has 2 rings (SSSR count). The SMILES string of the molecule is CCN(Cc1ccoc1)S(=O)(=O)c1cc(C(F)(F)F)ccc1F. The molecule has 9 heteroatoms. The van der Waals surface area contributed by atoms with E-state index in [9.17, 15) is 26.0 Å². The van der Waals surface area contributed by atoms with Crippen molar-refractivity contribution in [3.63, 3.8) is 0 Å². The molecule has 0 fully saturated rings. The Labute approximate surface area is 130 Å². The lowest BCUT2D eigenvalue weighted by Gasteiger charge is -2.20. The summed E-state index contributed by atoms with van der Waals surface area (Å²) < 4.78 is 82.7. The zero-order valence-electron chi connectivity index (χ0n) is 12.0. The van der Waals surface area contributed by atoms with E-state index in [1.807, 2.05) is 0 Å². The van der Waals surface area contributed by atoms with E-state index in [0.29, 0.717) is 23.8 Å². The van der Waals surface area contributed by atoms with Crippen LogP contribution < -0.4 is 0 Å². The predicted molar refractivity (Wildman–Crippen MR) is 73.4 cm³/mol. The fourth-order valence-electron chi connectivity index (χ4n) is 1.97. The smallest absolute Gasteiger partial charge is 0.416 e. The first-order chi connectivity index (χ1) is 10.7. The minimum Gasteiger partial charge on any atom is -0.472 e. The van der Waals surface area contributed by atoms with Crippen LogP contribution in [0.3, 0.4) is 0 Å². The summed E-state index contributed by atoms with van der Waals surface area (Å²) in [6.07, 6.45) is -2.12. The summed E-state index contributed by atoms with van der Waals surface area (Å²) >= 11 is 0. The normalized spacial score (nSPS) is 12.8. The van der Waals surface area contributed by atoms with Crippen molar-refractivity contribution in [2.24, 2.45) is 0 Å². The van der Waals surface area contributed by atoms with Gasteiger partial charge in [0, 0.05) is 18.7 Å². The Bertz CT molecular complexity index is 770. The van der Waals surface area contributed by atoms with Gasteiger partial charge in [-0.2, -0.15) is 17.5 Å². The number of hydrogen-bond donors (Lipinski definition) is 0. The largest absolute Gasteiger partial charge is 0.472 e. The number of alkyl halides is 3. The summed E-state index contributed by atoms with van der Waals surface area (Å²) in [4.78, 5) is -1.00. The van der Waals surface area contributed by atoms with E-state index in [1.54, 1.807) is 0 Å². The molecule has 0 amide bonds. The molecule has 0 spiro atoms. The van der Waals surface area contributed by atoms with E-state index in [2.05, 4.69) is 0 Å². The van der Waals surface area contributed by atoms with Crippen LogP contribution in [0, 0.1) is 5.82 Å². The summed E-state index contributed by atoms with van der Waals surface area (Å²) in [5.74, 6) is -1.23. The van der Waals surface area contributed by atoms with Gasteiger partial charge < -0.3 is 4.42 Å². The Kier molecular flexibility index (Phi) is 4.81. The maximum absolute atomic E-state index is 13.8. The van der Waals surface area contributed by atoms with Gasteiger partial charge in [-0.25, -0.2) is 12.8 Å². The predicted octanol–water partition coefficient (Wildman–Crippen LogP) is 3.65. The van der Waals surface area contributed by atoms with Crippen molar-refractivity contribution in [3.05, 3.63) is 53.7 Å². The highest BCUT2D eigenvalue weighted by atomic mass is 32.2. The van der Waals surface area contributed by atoms with Gasteiger partial charge in [0.2, 0.25) is 10.0 Å². The van der Waals surface area contributed by atoms with Gasteiger partial charge in [0.15, 0.2) is 0 Å². The van der Waals surface area contributed by atoms with Crippen LogP contribution in [0.1, 0.15) is 18.1 Å². The third-order valence-electron chi connectivity index (χ3n) is 3.17. The molecule has 0 saturated carbocycles. The molecule has 126 valence electrons. The van der Waals surface area contributed by atoms with Crippen molar-refractivity contribution >= 4 is 10.0 Å². The van der Waals surface area contributed by atoms with Crippen molar-refractivity contribution in [2.75, 3.05) is 6.54 Å². The highest BCUT2D eigenvalue weighted by Crippen LogP contribution is 2.32. The van der Waals surface area contributed by atoms with Crippen LogP contribution in [-0.2, 0) is 22.7 Å². The van der Waals surface area contributed by atoms with E-state index in [-0.39, 0.29) is 13.1 Å². The van der Waals surface area contributed by atoms with Gasteiger partial charge in [-0.05, 0) is 24.3 Å². The van der Waals surface area contributed by atoms with Crippen LogP contribution in [0.25, 0.3) is 0 Å². The summed E-state index contributed by atoms with van der Waals surface area (Å²) in [5.41, 5.74) is -0.723. The molecule has 0 saturated heterocycles. The molecule has 0 unspecified atom stereocenters. The number of nitrogens with zero attached hydrogens (tertiary/aromatic N) is 1. The highest BCUT2D eigenvalue weighted by molar-refractivity contribution is 7.89. The second kappa shape index (κ2) is 6.32. The zero-order valence-corrected chi connectivity index (χ0v) is 12.8. The van der Waals surface area contributed by atoms with Gasteiger partial charge in [-0.3, -0.25) is 0 Å². The standard InChI is InChI=1S/C14H13F4NO3S/c1-2-19(8-10-5-6-22-9-10)23(20,21)13-7-11(14(16,17)18)3-4-12(13)15/h3-7,9H,2,8H2,1H3. The van der Waals surface area contributed by atoms with Crippen molar-refractivity contribution in [1.29, 1.82) is 0 Å². The molecular formula is C14H13F4NO3S. The lowest BCUT2D eigenvalue weighted by molar-refractivity contribution is -0.137. The van der Waals surface area contributed by atoms with Gasteiger partial charge in [-0.15, -0.1) is 0 Å². The van der Waals surface area contributed by atoms with Crippen LogP contribution in [0.4, 0.5) is 17.6 Å². The molecule has 1 aromatic heterocycles. The average Bonchev–Trinajstić information content (AvgIpc) is 2.96. The van der Waals surface area contributed by atoms with Crippen molar-refractivity contribution < 1.29 is 30.4 Å². The fraction of sp³-hybridized carbons (Fsp3) is 0.286. The fourth-order valence-corrected chi connectivity index (χ4v) is 3.50. The molecule has 0 radical (unpaired) electrons. The van der Waals surface area contributed by atoms with Crippen molar-refractivity contribution in [2.45, 2.75) is 24.5 Å². The molecule has 23 heavy (non-hydrogen) atoms. The molecule has 0 aliphatic carbocycles. The molecule has 1 aromatic carbocycles. The number of hydrogen-bond acceptors (Lipinski definition) is 3. The third-order valence-corrected chi connectivity index (χ3v) is 5.10. The first-order valence-corrected chi connectivity index (χ1v) is 7.98. The quantitative estimate of drug-likeness (QED) is 0.773. The number of furan rings is 1.